The second-order valence-corrected chi connectivity index (χ2v) is 3.71. The molecule has 2 aromatic rings. The summed E-state index contributed by atoms with van der Waals surface area (Å²) >= 11 is 0. The molecule has 0 aliphatic rings. The van der Waals surface area contributed by atoms with Crippen molar-refractivity contribution >= 4 is 0 Å². The minimum atomic E-state index is -4.72. The number of hydrogen-bond donors (Lipinski definition) is 0. The number of nitrogens with zero attached hydrogens (tertiary/aromatic N) is 3. The van der Waals surface area contributed by atoms with E-state index in [9.17, 15) is 17.6 Å². The van der Waals surface area contributed by atoms with Crippen molar-refractivity contribution in [3.8, 4) is 11.8 Å². The molecule has 1 aromatic carbocycles. The van der Waals surface area contributed by atoms with E-state index in [1.165, 1.54) is 18.2 Å². The Morgan fingerprint density at radius 2 is 1.95 bits per heavy atom. The lowest BCUT2D eigenvalue weighted by atomic mass is 10.2. The molecule has 0 saturated heterocycles. The number of alkyl halides is 3. The fourth-order valence-corrected chi connectivity index (χ4v) is 1.71. The van der Waals surface area contributed by atoms with Crippen LogP contribution in [-0.4, -0.2) is 9.78 Å². The van der Waals surface area contributed by atoms with Gasteiger partial charge >= 0.3 is 6.18 Å². The molecule has 3 nitrogen and oxygen atoms in total. The molecule has 7 heteroatoms. The highest BCUT2D eigenvalue weighted by molar-refractivity contribution is 5.38. The van der Waals surface area contributed by atoms with Gasteiger partial charge in [0.2, 0.25) is 0 Å². The Balaban J connectivity index is 2.66. The Morgan fingerprint density at radius 3 is 2.53 bits per heavy atom. The third-order valence-electron chi connectivity index (χ3n) is 2.46. The molecule has 0 amide bonds. The van der Waals surface area contributed by atoms with E-state index in [-0.39, 0.29) is 11.3 Å². The zero-order valence-electron chi connectivity index (χ0n) is 9.45. The Hall–Kier alpha value is -2.36. The van der Waals surface area contributed by atoms with Gasteiger partial charge in [-0.05, 0) is 12.1 Å². The smallest absolute Gasteiger partial charge is 0.225 e. The highest BCUT2D eigenvalue weighted by Gasteiger charge is 2.38. The molecule has 98 valence electrons. The third-order valence-corrected chi connectivity index (χ3v) is 2.46. The second kappa shape index (κ2) is 4.72. The van der Waals surface area contributed by atoms with Crippen molar-refractivity contribution in [1.29, 1.82) is 5.26 Å². The lowest BCUT2D eigenvalue weighted by molar-refractivity contribution is -0.143. The number of rotatable bonds is 2. The highest BCUT2D eigenvalue weighted by atomic mass is 19.4. The average molecular weight is 269 g/mol. The average Bonchev–Trinajstić information content (AvgIpc) is 2.73. The molecular formula is C12H7F4N3. The fraction of sp³-hybridized carbons (Fsp3) is 0.167. The molecule has 0 unspecified atom stereocenters. The van der Waals surface area contributed by atoms with Crippen LogP contribution in [0.2, 0.25) is 0 Å². The van der Waals surface area contributed by atoms with Gasteiger partial charge in [-0.2, -0.15) is 23.5 Å². The molecule has 19 heavy (non-hydrogen) atoms. The van der Waals surface area contributed by atoms with Crippen LogP contribution in [-0.2, 0) is 12.6 Å². The summed E-state index contributed by atoms with van der Waals surface area (Å²) in [5.74, 6) is -0.820. The zero-order chi connectivity index (χ0) is 14.0. The summed E-state index contributed by atoms with van der Waals surface area (Å²) in [5, 5.41) is 12.1. The summed E-state index contributed by atoms with van der Waals surface area (Å²) in [6, 6.07) is 6.63. The maximum Gasteiger partial charge on any atom is 0.433 e. The normalized spacial score (nSPS) is 11.3. The van der Waals surface area contributed by atoms with E-state index in [0.717, 1.165) is 12.3 Å². The predicted octanol–water partition coefficient (Wildman–Crippen LogP) is 3.10. The predicted molar refractivity (Wildman–Crippen MR) is 57.8 cm³/mol. The maximum absolute atomic E-state index is 13.5. The van der Waals surface area contributed by atoms with Crippen LogP contribution in [0.3, 0.4) is 0 Å². The first-order valence-corrected chi connectivity index (χ1v) is 5.21. The third kappa shape index (κ3) is 2.42. The van der Waals surface area contributed by atoms with Gasteiger partial charge in [-0.15, -0.1) is 0 Å². The Labute approximate surface area is 105 Å². The van der Waals surface area contributed by atoms with E-state index < -0.39 is 24.1 Å². The van der Waals surface area contributed by atoms with Crippen LogP contribution in [0.15, 0.2) is 30.5 Å². The van der Waals surface area contributed by atoms with E-state index in [0.29, 0.717) is 4.68 Å². The van der Waals surface area contributed by atoms with Gasteiger partial charge in [0.15, 0.2) is 5.69 Å². The first-order chi connectivity index (χ1) is 8.95. The van der Waals surface area contributed by atoms with Gasteiger partial charge in [0.05, 0.1) is 18.7 Å². The van der Waals surface area contributed by atoms with Crippen LogP contribution in [0.5, 0.6) is 0 Å². The van der Waals surface area contributed by atoms with Gasteiger partial charge in [-0.3, -0.25) is 0 Å². The van der Waals surface area contributed by atoms with Gasteiger partial charge in [0.1, 0.15) is 11.5 Å². The van der Waals surface area contributed by atoms with E-state index in [4.69, 9.17) is 5.26 Å². The van der Waals surface area contributed by atoms with Crippen molar-refractivity contribution in [1.82, 2.24) is 9.78 Å². The molecule has 2 rings (SSSR count). The Morgan fingerprint density at radius 1 is 1.26 bits per heavy atom. The van der Waals surface area contributed by atoms with Gasteiger partial charge in [0.25, 0.3) is 0 Å². The molecule has 0 spiro atoms. The van der Waals surface area contributed by atoms with Crippen LogP contribution in [0, 0.1) is 17.1 Å². The molecule has 0 atom stereocenters. The monoisotopic (exact) mass is 269 g/mol. The van der Waals surface area contributed by atoms with Crippen molar-refractivity contribution in [3.63, 3.8) is 0 Å². The number of aromatic nitrogens is 2. The maximum atomic E-state index is 13.5. The van der Waals surface area contributed by atoms with Crippen LogP contribution < -0.4 is 0 Å². The fourth-order valence-electron chi connectivity index (χ4n) is 1.71. The van der Waals surface area contributed by atoms with Crippen LogP contribution in [0.4, 0.5) is 17.6 Å². The largest absolute Gasteiger partial charge is 0.433 e. The van der Waals surface area contributed by atoms with Crippen LogP contribution in [0.25, 0.3) is 5.69 Å². The number of halogens is 4. The summed E-state index contributed by atoms with van der Waals surface area (Å²) in [6.07, 6.45) is -4.23. The molecule has 1 aromatic heterocycles. The number of para-hydroxylation sites is 1. The van der Waals surface area contributed by atoms with Crippen molar-refractivity contribution < 1.29 is 17.6 Å². The van der Waals surface area contributed by atoms with Crippen molar-refractivity contribution in [2.45, 2.75) is 12.6 Å². The molecule has 0 bridgehead atoms. The Bertz CT molecular complexity index is 637. The highest BCUT2D eigenvalue weighted by Crippen LogP contribution is 2.34. The topological polar surface area (TPSA) is 41.6 Å². The minimum absolute atomic E-state index is 0.279. The van der Waals surface area contributed by atoms with Crippen LogP contribution >= 0.6 is 0 Å². The molecule has 0 fully saturated rings. The zero-order valence-corrected chi connectivity index (χ0v) is 9.45. The number of nitriles is 1. The molecule has 0 radical (unpaired) electrons. The first kappa shape index (κ1) is 13.1. The lowest BCUT2D eigenvalue weighted by Crippen LogP contribution is -2.16. The van der Waals surface area contributed by atoms with Crippen molar-refractivity contribution in [2.24, 2.45) is 0 Å². The molecule has 0 aliphatic heterocycles. The van der Waals surface area contributed by atoms with Gasteiger partial charge in [0, 0.05) is 5.56 Å². The summed E-state index contributed by atoms with van der Waals surface area (Å²) in [4.78, 5) is 0. The van der Waals surface area contributed by atoms with Crippen molar-refractivity contribution in [3.05, 3.63) is 47.5 Å². The number of hydrogen-bond acceptors (Lipinski definition) is 2. The van der Waals surface area contributed by atoms with Gasteiger partial charge in [-0.25, -0.2) is 9.07 Å². The van der Waals surface area contributed by atoms with Gasteiger partial charge in [-0.1, -0.05) is 12.1 Å². The van der Waals surface area contributed by atoms with Gasteiger partial charge < -0.3 is 0 Å². The van der Waals surface area contributed by atoms with E-state index in [1.54, 1.807) is 6.07 Å². The standard InChI is InChI=1S/C12H7F4N3/c13-9-3-1-2-4-10(9)19-11(12(14,15)16)8(5-6-17)7-18-19/h1-4,7H,5H2. The summed E-state index contributed by atoms with van der Waals surface area (Å²) in [7, 11) is 0. The Kier molecular flexibility index (Phi) is 3.25. The minimum Gasteiger partial charge on any atom is -0.225 e. The summed E-state index contributed by atoms with van der Waals surface area (Å²) in [5.41, 5.74) is -1.71. The SMILES string of the molecule is N#CCc1cnn(-c2ccccc2F)c1C(F)(F)F. The molecule has 1 heterocycles. The van der Waals surface area contributed by atoms with Crippen LogP contribution in [0.1, 0.15) is 11.3 Å². The molecule has 0 saturated carbocycles. The molecule has 0 N–H and O–H groups in total. The van der Waals surface area contributed by atoms with E-state index >= 15 is 0 Å². The van der Waals surface area contributed by atoms with Crippen molar-refractivity contribution in [2.75, 3.05) is 0 Å². The molecular weight excluding hydrogens is 262 g/mol. The lowest BCUT2D eigenvalue weighted by Gasteiger charge is -2.12. The second-order valence-electron chi connectivity index (χ2n) is 3.71. The summed E-state index contributed by atoms with van der Waals surface area (Å²) in [6.45, 7) is 0. The number of benzene rings is 1. The quantitative estimate of drug-likeness (QED) is 0.786. The molecule has 0 aliphatic carbocycles. The summed E-state index contributed by atoms with van der Waals surface area (Å²) < 4.78 is 53.0. The first-order valence-electron chi connectivity index (χ1n) is 5.21. The van der Waals surface area contributed by atoms with E-state index in [1.807, 2.05) is 0 Å². The van der Waals surface area contributed by atoms with E-state index in [2.05, 4.69) is 5.10 Å².